The van der Waals surface area contributed by atoms with E-state index in [1.54, 1.807) is 66.7 Å². The zero-order valence-corrected chi connectivity index (χ0v) is 25.0. The van der Waals surface area contributed by atoms with Gasteiger partial charge in [0.15, 0.2) is 24.1 Å². The second-order valence-corrected chi connectivity index (χ2v) is 10.7. The number of benzene rings is 3. The lowest BCUT2D eigenvalue weighted by Crippen LogP contribution is -2.42. The van der Waals surface area contributed by atoms with Gasteiger partial charge in [-0.2, -0.15) is 9.94 Å². The third kappa shape index (κ3) is 6.15. The molecule has 1 aliphatic rings. The number of nitrogens with two attached hydrogens (primary N) is 1. The Kier molecular flexibility index (Phi) is 8.70. The summed E-state index contributed by atoms with van der Waals surface area (Å²) in [5.74, 6) is -2.41. The molecule has 0 unspecified atom stereocenters. The Balaban J connectivity index is 1.43. The quantitative estimate of drug-likeness (QED) is 0.182. The number of H-pyrrole nitrogens is 1. The van der Waals surface area contributed by atoms with E-state index in [2.05, 4.69) is 10.1 Å². The molecule has 1 fully saturated rings. The number of halogens is 1. The summed E-state index contributed by atoms with van der Waals surface area (Å²) in [5.41, 5.74) is 5.47. The molecule has 0 aliphatic carbocycles. The van der Waals surface area contributed by atoms with Crippen LogP contribution in [0.25, 0.3) is 11.0 Å². The molecule has 5 aromatic rings. The van der Waals surface area contributed by atoms with E-state index in [1.165, 1.54) is 24.3 Å². The lowest BCUT2D eigenvalue weighted by atomic mass is 10.1. The van der Waals surface area contributed by atoms with E-state index in [1.807, 2.05) is 6.07 Å². The number of fused-ring (bicyclic) bond motifs is 1. The van der Waals surface area contributed by atoms with Crippen LogP contribution in [0, 0.1) is 11.3 Å². The van der Waals surface area contributed by atoms with Crippen molar-refractivity contribution in [2.45, 2.75) is 24.5 Å². The van der Waals surface area contributed by atoms with Crippen molar-refractivity contribution in [1.82, 2.24) is 14.8 Å². The second-order valence-electron chi connectivity index (χ2n) is 10.3. The highest BCUT2D eigenvalue weighted by molar-refractivity contribution is 6.35. The fourth-order valence-electron chi connectivity index (χ4n) is 5.10. The van der Waals surface area contributed by atoms with E-state index in [0.717, 1.165) is 4.68 Å². The van der Waals surface area contributed by atoms with Crippen molar-refractivity contribution in [3.05, 3.63) is 129 Å². The van der Waals surface area contributed by atoms with Crippen molar-refractivity contribution < 1.29 is 33.3 Å². The van der Waals surface area contributed by atoms with Gasteiger partial charge in [-0.25, -0.2) is 14.4 Å². The number of anilines is 1. The molecule has 3 heterocycles. The molecule has 0 saturated carbocycles. The SMILES string of the molecule is N#Cc1c(N)[nH]c2nn([C@@H]3O[C@H](COC(=O)c4ccccc4)[C@@H](OC(=O)c4ccccc4)[C@H]3OC(=O)c3ccccc3)c(=O)c(Cl)c12. The third-order valence-electron chi connectivity index (χ3n) is 7.36. The Labute approximate surface area is 271 Å². The maximum atomic E-state index is 13.6. The Bertz CT molecular complexity index is 2060. The largest absolute Gasteiger partial charge is 0.459 e. The maximum absolute atomic E-state index is 13.6. The molecule has 3 aromatic carbocycles. The lowest BCUT2D eigenvalue weighted by Gasteiger charge is -2.24. The number of hydrogen-bond acceptors (Lipinski definition) is 11. The van der Waals surface area contributed by atoms with Crippen LogP contribution in [0.4, 0.5) is 5.82 Å². The minimum atomic E-state index is -1.55. The van der Waals surface area contributed by atoms with E-state index in [9.17, 15) is 24.4 Å². The lowest BCUT2D eigenvalue weighted by molar-refractivity contribution is -0.0688. The predicted octanol–water partition coefficient (Wildman–Crippen LogP) is 4.04. The summed E-state index contributed by atoms with van der Waals surface area (Å²) >= 11 is 6.45. The molecule has 47 heavy (non-hydrogen) atoms. The molecule has 1 aliphatic heterocycles. The summed E-state index contributed by atoms with van der Waals surface area (Å²) in [4.78, 5) is 55.9. The molecular weight excluding hydrogens is 630 g/mol. The van der Waals surface area contributed by atoms with Gasteiger partial charge in [0.1, 0.15) is 35.2 Å². The Morgan fingerprint density at radius 2 is 1.38 bits per heavy atom. The molecule has 13 nitrogen and oxygen atoms in total. The van der Waals surface area contributed by atoms with Gasteiger partial charge in [-0.3, -0.25) is 4.79 Å². The van der Waals surface area contributed by atoms with Crippen molar-refractivity contribution in [1.29, 1.82) is 5.26 Å². The number of aromatic amines is 1. The van der Waals surface area contributed by atoms with Crippen LogP contribution in [-0.2, 0) is 18.9 Å². The monoisotopic (exact) mass is 653 g/mol. The van der Waals surface area contributed by atoms with Gasteiger partial charge < -0.3 is 29.7 Å². The van der Waals surface area contributed by atoms with Crippen LogP contribution in [0.2, 0.25) is 5.02 Å². The first-order valence-electron chi connectivity index (χ1n) is 14.2. The Morgan fingerprint density at radius 3 is 1.91 bits per heavy atom. The van der Waals surface area contributed by atoms with E-state index >= 15 is 0 Å². The van der Waals surface area contributed by atoms with Crippen LogP contribution in [0.15, 0.2) is 95.8 Å². The molecule has 0 radical (unpaired) electrons. The number of carbonyl (C=O) groups is 3. The molecule has 3 N–H and O–H groups in total. The number of nitrogens with zero attached hydrogens (tertiary/aromatic N) is 3. The van der Waals surface area contributed by atoms with Crippen LogP contribution >= 0.6 is 11.6 Å². The number of nitrogen functional groups attached to an aromatic ring is 1. The van der Waals surface area contributed by atoms with Gasteiger partial charge >= 0.3 is 17.9 Å². The molecular formula is C33H24ClN5O8. The van der Waals surface area contributed by atoms with E-state index in [-0.39, 0.29) is 39.1 Å². The van der Waals surface area contributed by atoms with Crippen molar-refractivity contribution in [3.8, 4) is 6.07 Å². The van der Waals surface area contributed by atoms with Crippen LogP contribution in [0.5, 0.6) is 0 Å². The Hall–Kier alpha value is -5.97. The molecule has 1 saturated heterocycles. The van der Waals surface area contributed by atoms with Crippen LogP contribution < -0.4 is 11.3 Å². The summed E-state index contributed by atoms with van der Waals surface area (Å²) < 4.78 is 24.2. The molecule has 14 heteroatoms. The predicted molar refractivity (Wildman–Crippen MR) is 166 cm³/mol. The number of carbonyl (C=O) groups excluding carboxylic acids is 3. The fraction of sp³-hybridized carbons (Fsp3) is 0.152. The summed E-state index contributed by atoms with van der Waals surface area (Å²) in [6.07, 6.45) is -5.76. The second kappa shape index (κ2) is 13.2. The average Bonchev–Trinajstić information content (AvgIpc) is 3.61. The van der Waals surface area contributed by atoms with Crippen molar-refractivity contribution in [2.24, 2.45) is 0 Å². The highest BCUT2D eigenvalue weighted by atomic mass is 35.5. The van der Waals surface area contributed by atoms with Crippen LogP contribution in [-0.4, -0.2) is 57.6 Å². The van der Waals surface area contributed by atoms with Crippen molar-refractivity contribution in [3.63, 3.8) is 0 Å². The van der Waals surface area contributed by atoms with Crippen LogP contribution in [0.3, 0.4) is 0 Å². The van der Waals surface area contributed by atoms with Crippen molar-refractivity contribution in [2.75, 3.05) is 12.3 Å². The Morgan fingerprint density at radius 1 is 0.872 bits per heavy atom. The molecule has 2 aromatic heterocycles. The van der Waals surface area contributed by atoms with Gasteiger partial charge in [0.05, 0.1) is 22.1 Å². The topological polar surface area (TPSA) is 189 Å². The highest BCUT2D eigenvalue weighted by Gasteiger charge is 2.52. The summed E-state index contributed by atoms with van der Waals surface area (Å²) in [5, 5.41) is 13.4. The van der Waals surface area contributed by atoms with Gasteiger partial charge in [0.25, 0.3) is 5.56 Å². The number of nitriles is 1. The third-order valence-corrected chi connectivity index (χ3v) is 7.71. The minimum absolute atomic E-state index is 0.0101. The summed E-state index contributed by atoms with van der Waals surface area (Å²) in [7, 11) is 0. The van der Waals surface area contributed by atoms with E-state index in [4.69, 9.17) is 36.3 Å². The molecule has 4 atom stereocenters. The smallest absolute Gasteiger partial charge is 0.338 e. The first kappa shape index (κ1) is 31.0. The molecule has 6 rings (SSSR count). The van der Waals surface area contributed by atoms with Crippen molar-refractivity contribution >= 4 is 46.4 Å². The maximum Gasteiger partial charge on any atom is 0.338 e. The van der Waals surface area contributed by atoms with Gasteiger partial charge in [-0.15, -0.1) is 5.10 Å². The number of nitrogens with one attached hydrogen (secondary N) is 1. The average molecular weight is 654 g/mol. The minimum Gasteiger partial charge on any atom is -0.459 e. The van der Waals surface area contributed by atoms with Crippen LogP contribution in [0.1, 0.15) is 42.9 Å². The summed E-state index contributed by atoms with van der Waals surface area (Å²) in [6.45, 7) is -0.477. The highest BCUT2D eigenvalue weighted by Crippen LogP contribution is 2.36. The molecule has 0 bridgehead atoms. The van der Waals surface area contributed by atoms with Gasteiger partial charge in [-0.1, -0.05) is 66.2 Å². The normalized spacial score (nSPS) is 18.7. The first-order chi connectivity index (χ1) is 22.8. The van der Waals surface area contributed by atoms with Gasteiger partial charge in [-0.05, 0) is 36.4 Å². The zero-order valence-electron chi connectivity index (χ0n) is 24.2. The zero-order chi connectivity index (χ0) is 33.1. The number of aromatic nitrogens is 3. The number of esters is 3. The fourth-order valence-corrected chi connectivity index (χ4v) is 5.37. The van der Waals surface area contributed by atoms with Gasteiger partial charge in [0, 0.05) is 0 Å². The molecule has 0 spiro atoms. The first-order valence-corrected chi connectivity index (χ1v) is 14.5. The number of rotatable bonds is 8. The number of hydrogen-bond donors (Lipinski definition) is 2. The van der Waals surface area contributed by atoms with E-state index < -0.39 is 59.6 Å². The number of ether oxygens (including phenoxy) is 4. The molecule has 236 valence electrons. The van der Waals surface area contributed by atoms with E-state index in [0.29, 0.717) is 0 Å². The summed E-state index contributed by atoms with van der Waals surface area (Å²) in [6, 6.07) is 26.0. The molecule has 0 amide bonds. The van der Waals surface area contributed by atoms with Gasteiger partial charge in [0.2, 0.25) is 0 Å². The standard InChI is InChI=1S/C33H24ClN5O8/c34-24-23-21(16-35)27(36)37-28(23)38-39(29(24)40)30-26(47-33(43)20-14-8-3-9-15-20)25(46-32(42)19-12-6-2-7-13-19)22(45-30)17-44-31(41)18-10-4-1-5-11-18/h1-15,22,25-26,30H,17,36H2,(H,37,38)/t22-,25-,26-,30-/m1/s1.